The first-order valence-electron chi connectivity index (χ1n) is 14.3. The van der Waals surface area contributed by atoms with Crippen molar-refractivity contribution in [2.24, 2.45) is 5.92 Å². The molecule has 2 heterocycles. The van der Waals surface area contributed by atoms with Gasteiger partial charge in [0.2, 0.25) is 33.6 Å². The van der Waals surface area contributed by atoms with Crippen LogP contribution in [0.3, 0.4) is 0 Å². The topological polar surface area (TPSA) is 173 Å². The summed E-state index contributed by atoms with van der Waals surface area (Å²) in [6.07, 6.45) is 4.56. The molecule has 5 atom stereocenters. The number of methoxy groups -OCH3 is 1. The number of hydrogen-bond acceptors (Lipinski definition) is 9. The number of aromatic nitrogens is 1. The summed E-state index contributed by atoms with van der Waals surface area (Å²) in [6.45, 7) is 8.59. The largest absolute Gasteiger partial charge is 0.497 e. The molecule has 3 fully saturated rings. The quantitative estimate of drug-likeness (QED) is 0.229. The lowest BCUT2D eigenvalue weighted by Gasteiger charge is -2.28. The van der Waals surface area contributed by atoms with Gasteiger partial charge < -0.3 is 25.0 Å². The molecule has 4 amide bonds. The number of carbonyl (C=O) groups is 4. The Labute approximate surface area is 255 Å². The zero-order chi connectivity index (χ0) is 31.8. The van der Waals surface area contributed by atoms with Crippen LogP contribution in [0, 0.1) is 5.92 Å². The zero-order valence-electron chi connectivity index (χ0n) is 24.4. The SMILES string of the molecule is C=CC(=O)N[C@@H](C)C(=O)N1C[C@H](Oc2nccc3cc(OC)ccc23)C[C@H]1C(=O)N[C@]1(C(=O)NS(=O)(=O)C2CC2)C[C@H]1C=C. The lowest BCUT2D eigenvalue weighted by molar-refractivity contribution is -0.141. The molecule has 1 aliphatic heterocycles. The molecule has 1 saturated heterocycles. The van der Waals surface area contributed by atoms with Crippen LogP contribution in [0.5, 0.6) is 11.6 Å². The van der Waals surface area contributed by atoms with E-state index in [9.17, 15) is 27.6 Å². The Hall–Kier alpha value is -4.46. The van der Waals surface area contributed by atoms with Crippen molar-refractivity contribution in [2.45, 2.75) is 61.6 Å². The fraction of sp³-hybridized carbons (Fsp3) is 0.433. The number of fused-ring (bicyclic) bond motifs is 1. The van der Waals surface area contributed by atoms with E-state index in [0.29, 0.717) is 29.9 Å². The molecule has 0 unspecified atom stereocenters. The molecular formula is C30H35N5O8S. The van der Waals surface area contributed by atoms with E-state index in [1.807, 2.05) is 6.07 Å². The second kappa shape index (κ2) is 11.9. The molecule has 3 N–H and O–H groups in total. The van der Waals surface area contributed by atoms with Gasteiger partial charge in [-0.3, -0.25) is 23.9 Å². The van der Waals surface area contributed by atoms with Crippen molar-refractivity contribution in [1.29, 1.82) is 0 Å². The molecule has 0 radical (unpaired) electrons. The third-order valence-electron chi connectivity index (χ3n) is 8.23. The van der Waals surface area contributed by atoms with Gasteiger partial charge in [0.1, 0.15) is 29.5 Å². The zero-order valence-corrected chi connectivity index (χ0v) is 25.3. The van der Waals surface area contributed by atoms with Crippen LogP contribution in [-0.2, 0) is 29.2 Å². The van der Waals surface area contributed by atoms with E-state index >= 15 is 0 Å². The monoisotopic (exact) mass is 625 g/mol. The third-order valence-corrected chi connectivity index (χ3v) is 10.0. The van der Waals surface area contributed by atoms with Crippen LogP contribution in [0.1, 0.15) is 32.6 Å². The van der Waals surface area contributed by atoms with Crippen molar-refractivity contribution >= 4 is 44.4 Å². The number of nitrogens with zero attached hydrogens (tertiary/aromatic N) is 2. The van der Waals surface area contributed by atoms with Crippen molar-refractivity contribution in [3.8, 4) is 11.6 Å². The van der Waals surface area contributed by atoms with Crippen molar-refractivity contribution < 1.29 is 37.1 Å². The van der Waals surface area contributed by atoms with E-state index in [1.54, 1.807) is 31.5 Å². The van der Waals surface area contributed by atoms with E-state index in [4.69, 9.17) is 9.47 Å². The molecular weight excluding hydrogens is 590 g/mol. The van der Waals surface area contributed by atoms with Crippen LogP contribution >= 0.6 is 0 Å². The van der Waals surface area contributed by atoms with Crippen LogP contribution in [0.25, 0.3) is 10.8 Å². The summed E-state index contributed by atoms with van der Waals surface area (Å²) >= 11 is 0. The Morgan fingerprint density at radius 1 is 1.18 bits per heavy atom. The van der Waals surface area contributed by atoms with Gasteiger partial charge >= 0.3 is 0 Å². The van der Waals surface area contributed by atoms with Crippen molar-refractivity contribution in [3.63, 3.8) is 0 Å². The molecule has 13 nitrogen and oxygen atoms in total. The van der Waals surface area contributed by atoms with Gasteiger partial charge in [0.25, 0.3) is 5.91 Å². The van der Waals surface area contributed by atoms with Crippen LogP contribution < -0.4 is 24.8 Å². The molecule has 2 aliphatic carbocycles. The summed E-state index contributed by atoms with van der Waals surface area (Å²) in [7, 11) is -2.30. The lowest BCUT2D eigenvalue weighted by atomic mass is 10.1. The number of nitrogens with one attached hydrogen (secondary N) is 3. The van der Waals surface area contributed by atoms with E-state index in [0.717, 1.165) is 11.5 Å². The Morgan fingerprint density at radius 2 is 1.93 bits per heavy atom. The highest BCUT2D eigenvalue weighted by molar-refractivity contribution is 7.91. The summed E-state index contributed by atoms with van der Waals surface area (Å²) in [5.41, 5.74) is -1.52. The molecule has 1 aromatic heterocycles. The molecule has 0 spiro atoms. The highest BCUT2D eigenvalue weighted by atomic mass is 32.2. The highest BCUT2D eigenvalue weighted by Crippen LogP contribution is 2.45. The van der Waals surface area contributed by atoms with Gasteiger partial charge in [0, 0.05) is 23.9 Å². The third kappa shape index (κ3) is 6.11. The standard InChI is InChI=1S/C30H35N5O8S/c1-5-19-15-30(19,29(39)34-44(40,41)22-8-9-22)33-26(37)24-14-21(16-35(24)28(38)17(3)32-25(36)6-2)43-27-23-10-7-20(42-4)13-18(23)11-12-31-27/h5-7,10-13,17,19,21-22,24H,1-2,8-9,14-16H2,3-4H3,(H,32,36)(H,33,37)(H,34,39)/t17-,19+,21+,24-,30+/m0/s1. The average molecular weight is 626 g/mol. The van der Waals surface area contributed by atoms with Crippen molar-refractivity contribution in [2.75, 3.05) is 13.7 Å². The Bertz CT molecular complexity index is 1640. The smallest absolute Gasteiger partial charge is 0.259 e. The van der Waals surface area contributed by atoms with Gasteiger partial charge in [0.05, 0.1) is 18.9 Å². The first-order valence-corrected chi connectivity index (χ1v) is 15.8. The first kappa shape index (κ1) is 31.0. The number of sulfonamides is 1. The second-order valence-electron chi connectivity index (χ2n) is 11.3. The number of likely N-dealkylation sites (tertiary alicyclic amines) is 1. The number of ether oxygens (including phenoxy) is 2. The predicted molar refractivity (Wildman–Crippen MR) is 160 cm³/mol. The van der Waals surface area contributed by atoms with E-state index in [2.05, 4.69) is 33.5 Å². The molecule has 5 rings (SSSR count). The normalized spacial score (nSPS) is 25.0. The molecule has 2 aromatic rings. The van der Waals surface area contributed by atoms with Gasteiger partial charge in [-0.05, 0) is 61.9 Å². The van der Waals surface area contributed by atoms with Gasteiger partial charge in [-0.1, -0.05) is 12.7 Å². The Balaban J connectivity index is 1.39. The maximum atomic E-state index is 13.8. The maximum Gasteiger partial charge on any atom is 0.259 e. The van der Waals surface area contributed by atoms with E-state index in [1.165, 1.54) is 17.9 Å². The van der Waals surface area contributed by atoms with Crippen LogP contribution in [0.15, 0.2) is 55.8 Å². The highest BCUT2D eigenvalue weighted by Gasteiger charge is 2.62. The number of hydrogen-bond donors (Lipinski definition) is 3. The van der Waals surface area contributed by atoms with E-state index < -0.39 is 68.5 Å². The first-order chi connectivity index (χ1) is 20.9. The van der Waals surface area contributed by atoms with Crippen LogP contribution in [0.2, 0.25) is 0 Å². The lowest BCUT2D eigenvalue weighted by Crippen LogP contribution is -2.58. The molecule has 1 aromatic carbocycles. The molecule has 234 valence electrons. The van der Waals surface area contributed by atoms with E-state index in [-0.39, 0.29) is 19.4 Å². The van der Waals surface area contributed by atoms with Gasteiger partial charge in [-0.15, -0.1) is 6.58 Å². The Kier molecular flexibility index (Phi) is 8.38. The molecule has 3 aliphatic rings. The summed E-state index contributed by atoms with van der Waals surface area (Å²) in [6, 6.07) is 5.10. The molecule has 2 saturated carbocycles. The summed E-state index contributed by atoms with van der Waals surface area (Å²) in [5, 5.41) is 6.12. The number of rotatable bonds is 12. The number of amides is 4. The molecule has 14 heteroatoms. The summed E-state index contributed by atoms with van der Waals surface area (Å²) in [4.78, 5) is 58.1. The van der Waals surface area contributed by atoms with Crippen LogP contribution in [0.4, 0.5) is 0 Å². The minimum Gasteiger partial charge on any atom is -0.497 e. The number of carbonyl (C=O) groups excluding carboxylic acids is 4. The minimum atomic E-state index is -3.86. The number of benzene rings is 1. The Morgan fingerprint density at radius 3 is 2.57 bits per heavy atom. The maximum absolute atomic E-state index is 13.8. The average Bonchev–Trinajstić information content (AvgIpc) is 3.93. The molecule has 0 bridgehead atoms. The van der Waals surface area contributed by atoms with Gasteiger partial charge in [-0.25, -0.2) is 13.4 Å². The second-order valence-corrected chi connectivity index (χ2v) is 13.3. The fourth-order valence-corrected chi connectivity index (χ4v) is 6.85. The number of pyridine rings is 1. The van der Waals surface area contributed by atoms with Gasteiger partial charge in [-0.2, -0.15) is 0 Å². The van der Waals surface area contributed by atoms with Crippen molar-refractivity contribution in [1.82, 2.24) is 25.2 Å². The minimum absolute atomic E-state index is 0.0143. The van der Waals surface area contributed by atoms with Crippen molar-refractivity contribution in [3.05, 3.63) is 55.8 Å². The van der Waals surface area contributed by atoms with Crippen LogP contribution in [-0.4, -0.2) is 84.6 Å². The summed E-state index contributed by atoms with van der Waals surface area (Å²) < 4.78 is 38.6. The van der Waals surface area contributed by atoms with Gasteiger partial charge in [0.15, 0.2) is 0 Å². The molecule has 44 heavy (non-hydrogen) atoms. The predicted octanol–water partition coefficient (Wildman–Crippen LogP) is 0.952. The fourth-order valence-electron chi connectivity index (χ4n) is 5.48. The summed E-state index contributed by atoms with van der Waals surface area (Å²) in [5.74, 6) is -2.16.